The van der Waals surface area contributed by atoms with Gasteiger partial charge < -0.3 is 10.2 Å². The van der Waals surface area contributed by atoms with Gasteiger partial charge in [-0.3, -0.25) is 9.59 Å². The van der Waals surface area contributed by atoms with Gasteiger partial charge in [0.05, 0.1) is 11.5 Å². The predicted octanol–water partition coefficient (Wildman–Crippen LogP) is 0.651. The Hall–Kier alpha value is -1.89. The summed E-state index contributed by atoms with van der Waals surface area (Å²) in [5, 5.41) is 2.69. The number of sulfone groups is 1. The van der Waals surface area contributed by atoms with Crippen LogP contribution in [0.5, 0.6) is 0 Å². The molecule has 0 bridgehead atoms. The molecule has 0 aromatic heterocycles. The molecule has 1 atom stereocenters. The maximum atomic E-state index is 12.1. The summed E-state index contributed by atoms with van der Waals surface area (Å²) in [7, 11) is -3.04. The van der Waals surface area contributed by atoms with E-state index in [0.717, 1.165) is 5.56 Å². The van der Waals surface area contributed by atoms with Crippen LogP contribution >= 0.6 is 0 Å². The fourth-order valence-corrected chi connectivity index (χ4v) is 4.11. The van der Waals surface area contributed by atoms with Gasteiger partial charge in [-0.1, -0.05) is 17.7 Å². The predicted molar refractivity (Wildman–Crippen MR) is 84.4 cm³/mol. The van der Waals surface area contributed by atoms with E-state index in [-0.39, 0.29) is 35.9 Å². The zero-order valence-electron chi connectivity index (χ0n) is 12.7. The average molecular weight is 324 g/mol. The highest BCUT2D eigenvalue weighted by Gasteiger charge is 2.29. The van der Waals surface area contributed by atoms with Crippen LogP contribution in [0, 0.1) is 6.92 Å². The van der Waals surface area contributed by atoms with E-state index < -0.39 is 9.84 Å². The quantitative estimate of drug-likeness (QED) is 0.881. The van der Waals surface area contributed by atoms with Crippen LogP contribution in [0.3, 0.4) is 0 Å². The number of benzene rings is 1. The van der Waals surface area contributed by atoms with Gasteiger partial charge >= 0.3 is 0 Å². The third kappa shape index (κ3) is 4.30. The molecule has 22 heavy (non-hydrogen) atoms. The van der Waals surface area contributed by atoms with Crippen molar-refractivity contribution in [2.75, 3.05) is 23.0 Å². The lowest BCUT2D eigenvalue weighted by atomic mass is 10.2. The van der Waals surface area contributed by atoms with Crippen LogP contribution in [0.4, 0.5) is 5.69 Å². The lowest BCUT2D eigenvalue weighted by Crippen LogP contribution is -2.44. The van der Waals surface area contributed by atoms with Gasteiger partial charge in [-0.25, -0.2) is 8.42 Å². The molecule has 1 aromatic rings. The van der Waals surface area contributed by atoms with Crippen molar-refractivity contribution in [2.24, 2.45) is 0 Å². The molecule has 1 aromatic carbocycles. The number of hydrogen-bond donors (Lipinski definition) is 1. The van der Waals surface area contributed by atoms with E-state index >= 15 is 0 Å². The summed E-state index contributed by atoms with van der Waals surface area (Å²) in [6.07, 6.45) is 0.429. The average Bonchev–Trinajstić information content (AvgIpc) is 2.76. The van der Waals surface area contributed by atoms with Gasteiger partial charge in [0.15, 0.2) is 9.84 Å². The molecule has 0 spiro atoms. The van der Waals surface area contributed by atoms with Gasteiger partial charge in [-0.15, -0.1) is 0 Å². The van der Waals surface area contributed by atoms with Crippen LogP contribution in [-0.2, 0) is 19.4 Å². The Labute approximate surface area is 130 Å². The zero-order chi connectivity index (χ0) is 16.3. The lowest BCUT2D eigenvalue weighted by Gasteiger charge is -2.22. The second-order valence-corrected chi connectivity index (χ2v) is 7.84. The normalized spacial score (nSPS) is 19.6. The fraction of sp³-hybridized carbons (Fsp3) is 0.467. The van der Waals surface area contributed by atoms with Crippen LogP contribution in [0.25, 0.3) is 0 Å². The second-order valence-electron chi connectivity index (χ2n) is 5.61. The Bertz CT molecular complexity index is 667. The molecule has 0 radical (unpaired) electrons. The monoisotopic (exact) mass is 324 g/mol. The maximum Gasteiger partial charge on any atom is 0.240 e. The lowest BCUT2D eigenvalue weighted by molar-refractivity contribution is -0.123. The van der Waals surface area contributed by atoms with Gasteiger partial charge in [0.1, 0.15) is 6.54 Å². The minimum absolute atomic E-state index is 0.0245. The molecule has 2 amide bonds. The Morgan fingerprint density at radius 3 is 2.41 bits per heavy atom. The van der Waals surface area contributed by atoms with Crippen molar-refractivity contribution in [3.63, 3.8) is 0 Å². The molecule has 0 aliphatic carbocycles. The smallest absolute Gasteiger partial charge is 0.240 e. The number of nitrogens with one attached hydrogen (secondary N) is 1. The summed E-state index contributed by atoms with van der Waals surface area (Å²) in [4.78, 5) is 25.2. The van der Waals surface area contributed by atoms with Crippen LogP contribution in [-0.4, -0.2) is 44.3 Å². The van der Waals surface area contributed by atoms with Crippen molar-refractivity contribution in [3.8, 4) is 0 Å². The molecule has 1 aliphatic rings. The molecule has 1 unspecified atom stereocenters. The topological polar surface area (TPSA) is 83.6 Å². The van der Waals surface area contributed by atoms with E-state index in [1.165, 1.54) is 11.8 Å². The van der Waals surface area contributed by atoms with Gasteiger partial charge in [-0.05, 0) is 25.5 Å². The van der Waals surface area contributed by atoms with Gasteiger partial charge in [0.25, 0.3) is 0 Å². The number of anilines is 1. The fourth-order valence-electron chi connectivity index (χ4n) is 2.43. The molecule has 2 rings (SSSR count). The Kier molecular flexibility index (Phi) is 4.85. The summed E-state index contributed by atoms with van der Waals surface area (Å²) in [5.74, 6) is -0.508. The minimum atomic E-state index is -3.04. The number of rotatable bonds is 4. The summed E-state index contributed by atoms with van der Waals surface area (Å²) in [6.45, 7) is 3.22. The molecule has 1 saturated heterocycles. The first-order valence-electron chi connectivity index (χ1n) is 7.11. The Morgan fingerprint density at radius 2 is 1.91 bits per heavy atom. The number of carbonyl (C=O) groups is 2. The highest BCUT2D eigenvalue weighted by molar-refractivity contribution is 7.91. The summed E-state index contributed by atoms with van der Waals surface area (Å²) in [5.41, 5.74) is 1.71. The van der Waals surface area contributed by atoms with Crippen LogP contribution in [0.15, 0.2) is 24.3 Å². The minimum Gasteiger partial charge on any atom is -0.351 e. The van der Waals surface area contributed by atoms with E-state index in [1.807, 2.05) is 19.1 Å². The molecule has 1 heterocycles. The summed E-state index contributed by atoms with van der Waals surface area (Å²) in [6, 6.07) is 6.94. The molecule has 1 N–H and O–H groups in total. The maximum absolute atomic E-state index is 12.1. The van der Waals surface area contributed by atoms with Gasteiger partial charge in [0.2, 0.25) is 11.8 Å². The van der Waals surface area contributed by atoms with Gasteiger partial charge in [-0.2, -0.15) is 0 Å². The van der Waals surface area contributed by atoms with Gasteiger partial charge in [0, 0.05) is 18.7 Å². The molecule has 120 valence electrons. The number of hydrogen-bond acceptors (Lipinski definition) is 4. The molecular weight excluding hydrogens is 304 g/mol. The first kappa shape index (κ1) is 16.5. The van der Waals surface area contributed by atoms with Crippen LogP contribution < -0.4 is 10.2 Å². The van der Waals surface area contributed by atoms with E-state index in [2.05, 4.69) is 5.32 Å². The van der Waals surface area contributed by atoms with Crippen molar-refractivity contribution >= 4 is 27.3 Å². The highest BCUT2D eigenvalue weighted by Crippen LogP contribution is 2.16. The number of amides is 2. The largest absolute Gasteiger partial charge is 0.351 e. The van der Waals surface area contributed by atoms with E-state index in [1.54, 1.807) is 12.1 Å². The second kappa shape index (κ2) is 6.48. The molecule has 0 saturated carbocycles. The first-order chi connectivity index (χ1) is 10.3. The van der Waals surface area contributed by atoms with Crippen molar-refractivity contribution < 1.29 is 18.0 Å². The van der Waals surface area contributed by atoms with Crippen molar-refractivity contribution in [2.45, 2.75) is 26.3 Å². The number of carbonyl (C=O) groups excluding carboxylic acids is 2. The van der Waals surface area contributed by atoms with E-state index in [0.29, 0.717) is 12.1 Å². The molecule has 7 heteroatoms. The van der Waals surface area contributed by atoms with Crippen molar-refractivity contribution in [3.05, 3.63) is 29.8 Å². The van der Waals surface area contributed by atoms with Crippen molar-refractivity contribution in [1.82, 2.24) is 5.32 Å². The molecule has 1 aliphatic heterocycles. The summed E-state index contributed by atoms with van der Waals surface area (Å²) >= 11 is 0. The van der Waals surface area contributed by atoms with E-state index in [9.17, 15) is 18.0 Å². The third-order valence-electron chi connectivity index (χ3n) is 3.63. The Balaban J connectivity index is 2.01. The molecule has 6 nitrogen and oxygen atoms in total. The standard InChI is InChI=1S/C15H20N2O4S/c1-11-3-5-14(6-4-11)17(12(2)18)9-15(19)16-13-7-8-22(20,21)10-13/h3-6,13H,7-10H2,1-2H3,(H,16,19). The van der Waals surface area contributed by atoms with Crippen LogP contribution in [0.1, 0.15) is 18.9 Å². The van der Waals surface area contributed by atoms with Crippen molar-refractivity contribution in [1.29, 1.82) is 0 Å². The zero-order valence-corrected chi connectivity index (χ0v) is 13.5. The Morgan fingerprint density at radius 1 is 1.27 bits per heavy atom. The first-order valence-corrected chi connectivity index (χ1v) is 8.93. The SMILES string of the molecule is CC(=O)N(CC(=O)NC1CCS(=O)(=O)C1)c1ccc(C)cc1. The molecule has 1 fully saturated rings. The van der Waals surface area contributed by atoms with E-state index in [4.69, 9.17) is 0 Å². The van der Waals surface area contributed by atoms with Crippen LogP contribution in [0.2, 0.25) is 0 Å². The molecular formula is C15H20N2O4S. The number of aryl methyl sites for hydroxylation is 1. The summed E-state index contributed by atoms with van der Waals surface area (Å²) < 4.78 is 22.8. The third-order valence-corrected chi connectivity index (χ3v) is 5.39. The number of nitrogens with zero attached hydrogens (tertiary/aromatic N) is 1. The highest BCUT2D eigenvalue weighted by atomic mass is 32.2.